The number of rotatable bonds is 8. The van der Waals surface area contributed by atoms with Crippen molar-refractivity contribution < 1.29 is 14.3 Å². The molecule has 0 bridgehead atoms. The molecule has 0 spiro atoms. The number of hydrogen-bond donors (Lipinski definition) is 2. The van der Waals surface area contributed by atoms with Crippen LogP contribution in [0.15, 0.2) is 72.9 Å². The number of H-pyrrole nitrogens is 1. The minimum atomic E-state index is -0.191. The minimum absolute atomic E-state index is 0.0226. The van der Waals surface area contributed by atoms with Gasteiger partial charge in [0, 0.05) is 55.4 Å². The smallest absolute Gasteiger partial charge is 0.255 e. The molecule has 1 heterocycles. The number of para-hydroxylation sites is 1. The molecule has 1 aromatic heterocycles. The Morgan fingerprint density at radius 2 is 1.76 bits per heavy atom. The number of carbonyl (C=O) groups excluding carboxylic acids is 1. The van der Waals surface area contributed by atoms with E-state index in [4.69, 9.17) is 9.47 Å². The summed E-state index contributed by atoms with van der Waals surface area (Å²) in [5, 5.41) is 4.26. The van der Waals surface area contributed by atoms with E-state index in [2.05, 4.69) is 51.6 Å². The number of nitrogens with one attached hydrogen (secondary N) is 2. The van der Waals surface area contributed by atoms with Crippen LogP contribution in [0.3, 0.4) is 0 Å². The molecule has 0 aliphatic rings. The maximum absolute atomic E-state index is 13.1. The third-order valence-corrected chi connectivity index (χ3v) is 5.93. The second-order valence-corrected chi connectivity index (χ2v) is 8.10. The maximum Gasteiger partial charge on any atom is 0.255 e. The average molecular weight is 444 g/mol. The highest BCUT2D eigenvalue weighted by Gasteiger charge is 2.21. The topological polar surface area (TPSA) is 66.6 Å². The van der Waals surface area contributed by atoms with E-state index in [1.807, 2.05) is 32.4 Å². The van der Waals surface area contributed by atoms with Gasteiger partial charge in [0.05, 0.1) is 19.8 Å². The Bertz CT molecular complexity index is 1250. The molecule has 0 saturated heterocycles. The van der Waals surface area contributed by atoms with Gasteiger partial charge < -0.3 is 24.7 Å². The summed E-state index contributed by atoms with van der Waals surface area (Å²) in [7, 11) is 7.18. The van der Waals surface area contributed by atoms with E-state index in [0.717, 1.165) is 27.7 Å². The first-order chi connectivity index (χ1) is 16.0. The van der Waals surface area contributed by atoms with Crippen LogP contribution < -0.4 is 19.7 Å². The summed E-state index contributed by atoms with van der Waals surface area (Å²) in [6.45, 7) is 0.442. The average Bonchev–Trinajstić information content (AvgIpc) is 3.28. The van der Waals surface area contributed by atoms with Crippen LogP contribution in [0, 0.1) is 0 Å². The summed E-state index contributed by atoms with van der Waals surface area (Å²) in [6, 6.07) is 21.9. The number of hydrogen-bond acceptors (Lipinski definition) is 4. The molecule has 6 nitrogen and oxygen atoms in total. The Kier molecular flexibility index (Phi) is 6.54. The molecule has 0 radical (unpaired) electrons. The van der Waals surface area contributed by atoms with Crippen molar-refractivity contribution in [2.45, 2.75) is 5.92 Å². The molecular formula is C27H29N3O3. The van der Waals surface area contributed by atoms with Gasteiger partial charge in [0.1, 0.15) is 11.5 Å². The highest BCUT2D eigenvalue weighted by molar-refractivity contribution is 5.97. The van der Waals surface area contributed by atoms with Crippen LogP contribution >= 0.6 is 0 Å². The number of methoxy groups -OCH3 is 2. The summed E-state index contributed by atoms with van der Waals surface area (Å²) >= 11 is 0. The molecule has 33 heavy (non-hydrogen) atoms. The molecule has 0 saturated carbocycles. The number of aromatic nitrogens is 1. The van der Waals surface area contributed by atoms with Crippen molar-refractivity contribution in [3.63, 3.8) is 0 Å². The molecule has 0 fully saturated rings. The Morgan fingerprint density at radius 1 is 1.00 bits per heavy atom. The number of ether oxygens (including phenoxy) is 2. The molecule has 3 aromatic carbocycles. The molecule has 0 aliphatic heterocycles. The second-order valence-electron chi connectivity index (χ2n) is 8.10. The van der Waals surface area contributed by atoms with Crippen molar-refractivity contribution in [3.8, 4) is 11.5 Å². The standard InChI is InChI=1S/C27H29N3O3/c1-30(2)19-11-9-18(10-12-19)23(24-17-28-25-8-6-5-7-21(24)25)16-29-27(31)22-14-13-20(32-3)15-26(22)33-4/h5-15,17,23,28H,16H2,1-4H3,(H,29,31). The number of amides is 1. The van der Waals surface area contributed by atoms with Gasteiger partial charge in [-0.05, 0) is 41.5 Å². The van der Waals surface area contributed by atoms with Gasteiger partial charge in [0.15, 0.2) is 0 Å². The SMILES string of the molecule is COc1ccc(C(=O)NCC(c2ccc(N(C)C)cc2)c2c[nH]c3ccccc23)c(OC)c1. The Labute approximate surface area is 194 Å². The van der Waals surface area contributed by atoms with E-state index in [0.29, 0.717) is 23.6 Å². The lowest BCUT2D eigenvalue weighted by atomic mass is 9.90. The molecule has 1 amide bonds. The number of carbonyl (C=O) groups is 1. The van der Waals surface area contributed by atoms with Crippen LogP contribution in [0.4, 0.5) is 5.69 Å². The van der Waals surface area contributed by atoms with Crippen LogP contribution in [0.2, 0.25) is 0 Å². The van der Waals surface area contributed by atoms with Crippen molar-refractivity contribution >= 4 is 22.5 Å². The van der Waals surface area contributed by atoms with Crippen LogP contribution in [0.5, 0.6) is 11.5 Å². The molecule has 4 aromatic rings. The number of aromatic amines is 1. The second kappa shape index (κ2) is 9.69. The van der Waals surface area contributed by atoms with Crippen molar-refractivity contribution in [2.75, 3.05) is 39.8 Å². The Hall–Kier alpha value is -3.93. The van der Waals surface area contributed by atoms with Crippen molar-refractivity contribution in [3.05, 3.63) is 89.6 Å². The van der Waals surface area contributed by atoms with E-state index in [1.165, 1.54) is 0 Å². The van der Waals surface area contributed by atoms with Crippen LogP contribution in [0.25, 0.3) is 10.9 Å². The molecule has 2 N–H and O–H groups in total. The lowest BCUT2D eigenvalue weighted by Gasteiger charge is -2.20. The fraction of sp³-hybridized carbons (Fsp3) is 0.222. The van der Waals surface area contributed by atoms with Gasteiger partial charge in [0.25, 0.3) is 5.91 Å². The Balaban J connectivity index is 1.65. The van der Waals surface area contributed by atoms with E-state index in [9.17, 15) is 4.79 Å². The third-order valence-electron chi connectivity index (χ3n) is 5.93. The van der Waals surface area contributed by atoms with Gasteiger partial charge >= 0.3 is 0 Å². The van der Waals surface area contributed by atoms with E-state index in [1.54, 1.807) is 32.4 Å². The van der Waals surface area contributed by atoms with E-state index in [-0.39, 0.29) is 11.8 Å². The van der Waals surface area contributed by atoms with Gasteiger partial charge in [-0.25, -0.2) is 0 Å². The molecule has 1 unspecified atom stereocenters. The largest absolute Gasteiger partial charge is 0.497 e. The zero-order valence-corrected chi connectivity index (χ0v) is 19.4. The summed E-state index contributed by atoms with van der Waals surface area (Å²) in [5.74, 6) is 0.904. The lowest BCUT2D eigenvalue weighted by molar-refractivity contribution is 0.0949. The number of nitrogens with zero attached hydrogens (tertiary/aromatic N) is 1. The first kappa shape index (κ1) is 22.3. The zero-order chi connectivity index (χ0) is 23.4. The predicted octanol–water partition coefficient (Wildman–Crippen LogP) is 4.81. The van der Waals surface area contributed by atoms with Crippen molar-refractivity contribution in [2.24, 2.45) is 0 Å². The Morgan fingerprint density at radius 3 is 2.45 bits per heavy atom. The number of benzene rings is 3. The quantitative estimate of drug-likeness (QED) is 0.410. The molecular weight excluding hydrogens is 414 g/mol. The summed E-state index contributed by atoms with van der Waals surface area (Å²) in [4.78, 5) is 18.5. The summed E-state index contributed by atoms with van der Waals surface area (Å²) in [6.07, 6.45) is 2.04. The highest BCUT2D eigenvalue weighted by atomic mass is 16.5. The summed E-state index contributed by atoms with van der Waals surface area (Å²) < 4.78 is 10.7. The van der Waals surface area contributed by atoms with Crippen molar-refractivity contribution in [1.29, 1.82) is 0 Å². The summed E-state index contributed by atoms with van der Waals surface area (Å²) in [5.41, 5.74) is 4.95. The fourth-order valence-electron chi connectivity index (χ4n) is 4.07. The lowest BCUT2D eigenvalue weighted by Crippen LogP contribution is -2.29. The molecule has 170 valence electrons. The fourth-order valence-corrected chi connectivity index (χ4v) is 4.07. The molecule has 1 atom stereocenters. The maximum atomic E-state index is 13.1. The first-order valence-corrected chi connectivity index (χ1v) is 10.9. The van der Waals surface area contributed by atoms with Gasteiger partial charge in [0.2, 0.25) is 0 Å². The van der Waals surface area contributed by atoms with Gasteiger partial charge in [-0.2, -0.15) is 0 Å². The van der Waals surface area contributed by atoms with Crippen LogP contribution in [0.1, 0.15) is 27.4 Å². The minimum Gasteiger partial charge on any atom is -0.497 e. The van der Waals surface area contributed by atoms with Gasteiger partial charge in [-0.3, -0.25) is 4.79 Å². The first-order valence-electron chi connectivity index (χ1n) is 10.9. The van der Waals surface area contributed by atoms with E-state index < -0.39 is 0 Å². The third kappa shape index (κ3) is 4.65. The van der Waals surface area contributed by atoms with Gasteiger partial charge in [-0.15, -0.1) is 0 Å². The molecule has 0 aliphatic carbocycles. The van der Waals surface area contributed by atoms with Gasteiger partial charge in [-0.1, -0.05) is 30.3 Å². The molecule has 4 rings (SSSR count). The highest BCUT2D eigenvalue weighted by Crippen LogP contribution is 2.32. The predicted molar refractivity (Wildman–Crippen MR) is 133 cm³/mol. The normalized spacial score (nSPS) is 11.8. The van der Waals surface area contributed by atoms with Crippen molar-refractivity contribution in [1.82, 2.24) is 10.3 Å². The monoisotopic (exact) mass is 443 g/mol. The zero-order valence-electron chi connectivity index (χ0n) is 19.4. The van der Waals surface area contributed by atoms with Crippen LogP contribution in [-0.2, 0) is 0 Å². The number of anilines is 1. The number of fused-ring (bicyclic) bond motifs is 1. The van der Waals surface area contributed by atoms with E-state index >= 15 is 0 Å². The van der Waals surface area contributed by atoms with Crippen LogP contribution in [-0.4, -0.2) is 45.8 Å². The molecule has 6 heteroatoms.